The first-order valence-corrected chi connectivity index (χ1v) is 6.79. The molecule has 2 aromatic rings. The first kappa shape index (κ1) is 17.6. The zero-order chi connectivity index (χ0) is 17.7. The van der Waals surface area contributed by atoms with Crippen molar-refractivity contribution in [2.75, 3.05) is 5.32 Å². The van der Waals surface area contributed by atoms with E-state index in [1.165, 1.54) is 24.3 Å². The van der Waals surface area contributed by atoms with Crippen LogP contribution >= 0.6 is 0 Å². The molecule has 0 aromatic heterocycles. The van der Waals surface area contributed by atoms with Crippen LogP contribution in [0.3, 0.4) is 0 Å². The van der Waals surface area contributed by atoms with Gasteiger partial charge in [0.05, 0.1) is 5.56 Å². The van der Waals surface area contributed by atoms with Gasteiger partial charge in [0.15, 0.2) is 0 Å². The number of hydrogen-bond acceptors (Lipinski definition) is 3. The van der Waals surface area contributed by atoms with Crippen LogP contribution in [0.15, 0.2) is 48.5 Å². The van der Waals surface area contributed by atoms with Crippen molar-refractivity contribution in [3.05, 3.63) is 59.7 Å². The summed E-state index contributed by atoms with van der Waals surface area (Å²) in [6, 6.07) is 11.3. The number of carboxylic acid groups (broad SMARTS) is 1. The van der Waals surface area contributed by atoms with E-state index in [1.807, 2.05) is 0 Å². The van der Waals surface area contributed by atoms with Crippen LogP contribution in [-0.2, 0) is 6.54 Å². The number of nitrogens with one attached hydrogen (secondary N) is 1. The molecule has 0 radical (unpaired) electrons. The predicted octanol–water partition coefficient (Wildman–Crippen LogP) is 4.23. The zero-order valence-electron chi connectivity index (χ0n) is 12.2. The fraction of sp³-hybridized carbons (Fsp3) is 0.188. The summed E-state index contributed by atoms with van der Waals surface area (Å²) in [5, 5.41) is 11.8. The second kappa shape index (κ2) is 7.20. The average Bonchev–Trinajstić information content (AvgIpc) is 2.53. The van der Waals surface area contributed by atoms with Crippen molar-refractivity contribution in [2.24, 2.45) is 0 Å². The Balaban J connectivity index is 2.05. The number of ether oxygens (including phenoxy) is 1. The zero-order valence-corrected chi connectivity index (χ0v) is 12.2. The minimum atomic E-state index is -4.57. The molecule has 0 unspecified atom stereocenters. The molecule has 0 saturated heterocycles. The average molecular weight is 343 g/mol. The molecule has 2 rings (SSSR count). The van der Waals surface area contributed by atoms with E-state index in [1.54, 1.807) is 18.2 Å². The summed E-state index contributed by atoms with van der Waals surface area (Å²) < 4.78 is 54.1. The molecule has 4 nitrogen and oxygen atoms in total. The van der Waals surface area contributed by atoms with Gasteiger partial charge < -0.3 is 15.2 Å². The molecule has 0 heterocycles. The molecule has 0 spiro atoms. The van der Waals surface area contributed by atoms with E-state index in [-0.39, 0.29) is 17.9 Å². The summed E-state index contributed by atoms with van der Waals surface area (Å²) in [6.07, 6.45) is -8.50. The van der Waals surface area contributed by atoms with Crippen LogP contribution in [-0.4, -0.2) is 23.6 Å². The molecule has 128 valence electrons. The van der Waals surface area contributed by atoms with Gasteiger partial charge in [-0.15, -0.1) is 0 Å². The van der Waals surface area contributed by atoms with Crippen LogP contribution in [0.1, 0.15) is 15.9 Å². The lowest BCUT2D eigenvalue weighted by Gasteiger charge is -2.17. The van der Waals surface area contributed by atoms with Gasteiger partial charge in [0.1, 0.15) is 5.75 Å². The van der Waals surface area contributed by atoms with Crippen LogP contribution in [0, 0.1) is 0 Å². The Kier molecular flexibility index (Phi) is 5.28. The number of carboxylic acids is 1. The number of carbonyl (C=O) groups is 1. The van der Waals surface area contributed by atoms with Crippen molar-refractivity contribution >= 4 is 11.7 Å². The molecule has 0 saturated carbocycles. The fourth-order valence-electron chi connectivity index (χ4n) is 1.89. The van der Waals surface area contributed by atoms with Crippen molar-refractivity contribution < 1.29 is 32.2 Å². The number of hydrogen-bond donors (Lipinski definition) is 2. The van der Waals surface area contributed by atoms with E-state index < -0.39 is 18.5 Å². The topological polar surface area (TPSA) is 58.6 Å². The maximum Gasteiger partial charge on any atom is 0.461 e. The van der Waals surface area contributed by atoms with Gasteiger partial charge in [-0.2, -0.15) is 17.6 Å². The van der Waals surface area contributed by atoms with E-state index in [0.717, 1.165) is 6.07 Å². The third-order valence-electron chi connectivity index (χ3n) is 3.01. The highest BCUT2D eigenvalue weighted by atomic mass is 19.3. The number of anilines is 1. The smallest absolute Gasteiger partial charge is 0.461 e. The third-order valence-corrected chi connectivity index (χ3v) is 3.01. The standard InChI is InChI=1S/C16H13F4NO3/c17-15(18)16(19,20)24-13-6-1-3-10(7-13)9-21-12-5-2-4-11(8-12)14(22)23/h1-8,15,21H,9H2,(H,22,23). The SMILES string of the molecule is O=C(O)c1cccc(NCc2cccc(OC(F)(F)C(F)F)c2)c1. The Hall–Kier alpha value is -2.77. The van der Waals surface area contributed by atoms with Crippen molar-refractivity contribution in [2.45, 2.75) is 19.1 Å². The molecule has 24 heavy (non-hydrogen) atoms. The van der Waals surface area contributed by atoms with Crippen LogP contribution in [0.25, 0.3) is 0 Å². The highest BCUT2D eigenvalue weighted by molar-refractivity contribution is 5.88. The third kappa shape index (κ3) is 4.61. The van der Waals surface area contributed by atoms with E-state index in [0.29, 0.717) is 11.3 Å². The molecule has 8 heteroatoms. The molecule has 0 fully saturated rings. The molecule has 2 aromatic carbocycles. The lowest BCUT2D eigenvalue weighted by molar-refractivity contribution is -0.253. The van der Waals surface area contributed by atoms with Crippen LogP contribution in [0.2, 0.25) is 0 Å². The Labute approximate surface area is 134 Å². The molecule has 2 N–H and O–H groups in total. The Morgan fingerprint density at radius 3 is 2.54 bits per heavy atom. The molecule has 0 aliphatic heterocycles. The normalized spacial score (nSPS) is 11.4. The van der Waals surface area contributed by atoms with Crippen molar-refractivity contribution in [3.8, 4) is 5.75 Å². The van der Waals surface area contributed by atoms with Crippen molar-refractivity contribution in [1.29, 1.82) is 0 Å². The number of alkyl halides is 4. The van der Waals surface area contributed by atoms with Crippen LogP contribution in [0.5, 0.6) is 5.75 Å². The van der Waals surface area contributed by atoms with E-state index in [9.17, 15) is 22.4 Å². The lowest BCUT2D eigenvalue weighted by atomic mass is 10.2. The number of rotatable bonds is 7. The van der Waals surface area contributed by atoms with E-state index in [2.05, 4.69) is 10.1 Å². The highest BCUT2D eigenvalue weighted by Gasteiger charge is 2.43. The summed E-state index contributed by atoms with van der Waals surface area (Å²) in [5.41, 5.74) is 1.10. The van der Waals surface area contributed by atoms with Gasteiger partial charge in [-0.3, -0.25) is 0 Å². The lowest BCUT2D eigenvalue weighted by Crippen LogP contribution is -2.33. The van der Waals surface area contributed by atoms with Crippen molar-refractivity contribution in [3.63, 3.8) is 0 Å². The highest BCUT2D eigenvalue weighted by Crippen LogP contribution is 2.28. The van der Waals surface area contributed by atoms with E-state index in [4.69, 9.17) is 5.11 Å². The van der Waals surface area contributed by atoms with Gasteiger partial charge in [0.2, 0.25) is 0 Å². The van der Waals surface area contributed by atoms with Crippen LogP contribution < -0.4 is 10.1 Å². The molecule has 0 aliphatic rings. The Bertz CT molecular complexity index is 722. The summed E-state index contributed by atoms with van der Waals surface area (Å²) in [7, 11) is 0. The van der Waals surface area contributed by atoms with Gasteiger partial charge >= 0.3 is 18.5 Å². The van der Waals surface area contributed by atoms with Crippen LogP contribution in [0.4, 0.5) is 23.2 Å². The summed E-state index contributed by atoms with van der Waals surface area (Å²) in [4.78, 5) is 10.9. The first-order chi connectivity index (χ1) is 11.3. The first-order valence-electron chi connectivity index (χ1n) is 6.79. The summed E-state index contributed by atoms with van der Waals surface area (Å²) in [6.45, 7) is 0.167. The number of benzene rings is 2. The van der Waals surface area contributed by atoms with Gasteiger partial charge in [0.25, 0.3) is 0 Å². The van der Waals surface area contributed by atoms with E-state index >= 15 is 0 Å². The molecular weight excluding hydrogens is 330 g/mol. The Morgan fingerprint density at radius 2 is 1.88 bits per heavy atom. The van der Waals surface area contributed by atoms with Crippen molar-refractivity contribution in [1.82, 2.24) is 0 Å². The Morgan fingerprint density at radius 1 is 1.17 bits per heavy atom. The predicted molar refractivity (Wildman–Crippen MR) is 78.7 cm³/mol. The minimum absolute atomic E-state index is 0.0914. The largest absolute Gasteiger partial charge is 0.478 e. The minimum Gasteiger partial charge on any atom is -0.478 e. The van der Waals surface area contributed by atoms with Gasteiger partial charge in [0, 0.05) is 12.2 Å². The second-order valence-electron chi connectivity index (χ2n) is 4.85. The molecule has 0 bridgehead atoms. The number of aromatic carboxylic acids is 1. The molecule has 0 amide bonds. The van der Waals surface area contributed by atoms with Gasteiger partial charge in [-0.05, 0) is 35.9 Å². The second-order valence-corrected chi connectivity index (χ2v) is 4.85. The molecular formula is C16H13F4NO3. The molecule has 0 atom stereocenters. The molecule has 0 aliphatic carbocycles. The summed E-state index contributed by atoms with van der Waals surface area (Å²) in [5.74, 6) is -1.47. The maximum absolute atomic E-state index is 12.9. The monoisotopic (exact) mass is 343 g/mol. The number of halogens is 4. The van der Waals surface area contributed by atoms with Gasteiger partial charge in [-0.1, -0.05) is 18.2 Å². The van der Waals surface area contributed by atoms with Gasteiger partial charge in [-0.25, -0.2) is 4.79 Å². The fourth-order valence-corrected chi connectivity index (χ4v) is 1.89. The maximum atomic E-state index is 12.9. The quantitative estimate of drug-likeness (QED) is 0.739. The summed E-state index contributed by atoms with van der Waals surface area (Å²) >= 11 is 0.